The average molecular weight is 284 g/mol. The van der Waals surface area contributed by atoms with Gasteiger partial charge in [0.2, 0.25) is 0 Å². The Morgan fingerprint density at radius 2 is 2.00 bits per heavy atom. The first kappa shape index (κ1) is 14.0. The van der Waals surface area contributed by atoms with Gasteiger partial charge in [-0.2, -0.15) is 8.78 Å². The molecule has 2 aromatic rings. The largest absolute Gasteiger partial charge is 0.361 e. The van der Waals surface area contributed by atoms with Gasteiger partial charge in [0.05, 0.1) is 6.20 Å². The van der Waals surface area contributed by atoms with E-state index in [2.05, 4.69) is 10.5 Å². The maximum Gasteiger partial charge on any atom is 0.288 e. The Morgan fingerprint density at radius 3 is 2.58 bits per heavy atom. The highest BCUT2D eigenvalue weighted by molar-refractivity contribution is 7.99. The fourth-order valence-electron chi connectivity index (χ4n) is 1.62. The number of nitrogens with one attached hydrogen (secondary N) is 1. The Hall–Kier alpha value is -1.40. The zero-order chi connectivity index (χ0) is 13.7. The first-order valence-corrected chi connectivity index (χ1v) is 6.68. The van der Waals surface area contributed by atoms with Crippen LogP contribution in [0, 0.1) is 6.92 Å². The summed E-state index contributed by atoms with van der Waals surface area (Å²) in [6.07, 6.45) is 1.69. The second-order valence-corrected chi connectivity index (χ2v) is 5.10. The van der Waals surface area contributed by atoms with Crippen molar-refractivity contribution in [3.05, 3.63) is 47.3 Å². The number of thioether (sulfide) groups is 1. The fraction of sp³-hybridized carbons (Fsp3) is 0.308. The molecule has 0 aliphatic carbocycles. The molecule has 6 heteroatoms. The predicted octanol–water partition coefficient (Wildman–Crippen LogP) is 3.59. The van der Waals surface area contributed by atoms with E-state index in [0.717, 1.165) is 16.9 Å². The number of halogens is 2. The molecule has 1 N–H and O–H groups in total. The molecule has 2 rings (SSSR count). The molecular formula is C13H14F2N2OS. The molecule has 0 aliphatic heterocycles. The number of hydrogen-bond donors (Lipinski definition) is 1. The van der Waals surface area contributed by atoms with E-state index in [1.165, 1.54) is 0 Å². The molecule has 0 fully saturated rings. The standard InChI is InChI=1S/C13H14F2N2OS/c1-9-11(8-17-18-9)7-16-6-10-2-4-12(5-3-10)19-13(14)15/h2-5,8,13,16H,6-7H2,1H3. The van der Waals surface area contributed by atoms with Gasteiger partial charge in [-0.25, -0.2) is 0 Å². The third kappa shape index (κ3) is 4.33. The minimum Gasteiger partial charge on any atom is -0.361 e. The van der Waals surface area contributed by atoms with Crippen LogP contribution in [0.1, 0.15) is 16.9 Å². The maximum absolute atomic E-state index is 12.2. The lowest BCUT2D eigenvalue weighted by atomic mass is 10.2. The zero-order valence-corrected chi connectivity index (χ0v) is 11.2. The lowest BCUT2D eigenvalue weighted by Crippen LogP contribution is -2.12. The average Bonchev–Trinajstić information content (AvgIpc) is 2.77. The van der Waals surface area contributed by atoms with E-state index in [9.17, 15) is 8.78 Å². The number of hydrogen-bond acceptors (Lipinski definition) is 4. The Bertz CT molecular complexity index is 514. The normalized spacial score (nSPS) is 11.2. The minimum absolute atomic E-state index is 0.557. The van der Waals surface area contributed by atoms with Crippen molar-refractivity contribution < 1.29 is 13.3 Å². The monoisotopic (exact) mass is 284 g/mol. The molecule has 0 saturated carbocycles. The first-order valence-electron chi connectivity index (χ1n) is 5.80. The molecule has 0 spiro atoms. The second-order valence-electron chi connectivity index (χ2n) is 4.03. The molecule has 0 aliphatic rings. The number of benzene rings is 1. The van der Waals surface area contributed by atoms with Crippen molar-refractivity contribution in [1.29, 1.82) is 0 Å². The first-order chi connectivity index (χ1) is 9.15. The summed E-state index contributed by atoms with van der Waals surface area (Å²) in [6.45, 7) is 3.20. The van der Waals surface area contributed by atoms with Gasteiger partial charge >= 0.3 is 0 Å². The van der Waals surface area contributed by atoms with E-state index in [1.54, 1.807) is 18.3 Å². The highest BCUT2D eigenvalue weighted by atomic mass is 32.2. The van der Waals surface area contributed by atoms with Crippen LogP contribution >= 0.6 is 11.8 Å². The van der Waals surface area contributed by atoms with Crippen molar-refractivity contribution >= 4 is 11.8 Å². The Balaban J connectivity index is 1.81. The molecule has 0 atom stereocenters. The van der Waals surface area contributed by atoms with Crippen LogP contribution in [0.5, 0.6) is 0 Å². The van der Waals surface area contributed by atoms with E-state index < -0.39 is 5.76 Å². The quantitative estimate of drug-likeness (QED) is 0.823. The molecule has 19 heavy (non-hydrogen) atoms. The Labute approximate surface area is 114 Å². The van der Waals surface area contributed by atoms with Crippen LogP contribution < -0.4 is 5.32 Å². The highest BCUT2D eigenvalue weighted by Crippen LogP contribution is 2.25. The summed E-state index contributed by atoms with van der Waals surface area (Å²) < 4.78 is 29.3. The molecule has 1 aromatic carbocycles. The van der Waals surface area contributed by atoms with Crippen LogP contribution in [-0.2, 0) is 13.1 Å². The van der Waals surface area contributed by atoms with Gasteiger partial charge in [-0.05, 0) is 24.6 Å². The highest BCUT2D eigenvalue weighted by Gasteiger charge is 2.05. The van der Waals surface area contributed by atoms with Crippen LogP contribution in [0.15, 0.2) is 39.9 Å². The number of aryl methyl sites for hydroxylation is 1. The van der Waals surface area contributed by atoms with Gasteiger partial charge in [0.15, 0.2) is 0 Å². The summed E-state index contributed by atoms with van der Waals surface area (Å²) in [7, 11) is 0. The van der Waals surface area contributed by atoms with Crippen molar-refractivity contribution in [2.24, 2.45) is 0 Å². The molecular weight excluding hydrogens is 270 g/mol. The maximum atomic E-state index is 12.2. The van der Waals surface area contributed by atoms with Crippen LogP contribution in [0.3, 0.4) is 0 Å². The Morgan fingerprint density at radius 1 is 1.26 bits per heavy atom. The summed E-state index contributed by atoms with van der Waals surface area (Å²) in [6, 6.07) is 7.10. The molecule has 3 nitrogen and oxygen atoms in total. The molecule has 0 unspecified atom stereocenters. The van der Waals surface area contributed by atoms with Crippen LogP contribution in [0.2, 0.25) is 0 Å². The third-order valence-electron chi connectivity index (χ3n) is 2.64. The zero-order valence-electron chi connectivity index (χ0n) is 10.4. The lowest BCUT2D eigenvalue weighted by molar-refractivity contribution is 0.252. The number of rotatable bonds is 6. The van der Waals surface area contributed by atoms with Crippen molar-refractivity contribution in [1.82, 2.24) is 10.5 Å². The number of nitrogens with zero attached hydrogens (tertiary/aromatic N) is 1. The minimum atomic E-state index is -2.37. The third-order valence-corrected chi connectivity index (χ3v) is 3.37. The van der Waals surface area contributed by atoms with Gasteiger partial charge in [0, 0.05) is 23.5 Å². The van der Waals surface area contributed by atoms with Crippen molar-refractivity contribution in [3.63, 3.8) is 0 Å². The Kier molecular flexibility index (Phi) is 4.93. The summed E-state index contributed by atoms with van der Waals surface area (Å²) in [4.78, 5) is 0.577. The topological polar surface area (TPSA) is 38.1 Å². The summed E-state index contributed by atoms with van der Waals surface area (Å²) >= 11 is 0.557. The van der Waals surface area contributed by atoms with Gasteiger partial charge in [-0.15, -0.1) is 0 Å². The van der Waals surface area contributed by atoms with Crippen molar-refractivity contribution in [3.8, 4) is 0 Å². The molecule has 1 heterocycles. The fourth-order valence-corrected chi connectivity index (χ4v) is 2.12. The molecule has 0 radical (unpaired) electrons. The SMILES string of the molecule is Cc1oncc1CNCc1ccc(SC(F)F)cc1. The number of aromatic nitrogens is 1. The van der Waals surface area contributed by atoms with E-state index in [-0.39, 0.29) is 0 Å². The van der Waals surface area contributed by atoms with Crippen LogP contribution in [0.25, 0.3) is 0 Å². The predicted molar refractivity (Wildman–Crippen MR) is 70.1 cm³/mol. The lowest BCUT2D eigenvalue weighted by Gasteiger charge is -2.05. The number of alkyl halides is 2. The summed E-state index contributed by atoms with van der Waals surface area (Å²) in [5.41, 5.74) is 2.07. The summed E-state index contributed by atoms with van der Waals surface area (Å²) in [5, 5.41) is 6.95. The molecule has 0 amide bonds. The molecule has 102 valence electrons. The van der Waals surface area contributed by atoms with Crippen molar-refractivity contribution in [2.45, 2.75) is 30.7 Å². The van der Waals surface area contributed by atoms with Crippen LogP contribution in [0.4, 0.5) is 8.78 Å². The van der Waals surface area contributed by atoms with Gasteiger partial charge in [-0.1, -0.05) is 29.1 Å². The van der Waals surface area contributed by atoms with Gasteiger partial charge in [0.1, 0.15) is 5.76 Å². The second kappa shape index (κ2) is 6.68. The van der Waals surface area contributed by atoms with E-state index in [1.807, 2.05) is 19.1 Å². The van der Waals surface area contributed by atoms with E-state index in [0.29, 0.717) is 29.7 Å². The molecule has 0 bridgehead atoms. The van der Waals surface area contributed by atoms with Gasteiger partial charge in [0.25, 0.3) is 5.76 Å². The van der Waals surface area contributed by atoms with Gasteiger partial charge in [-0.3, -0.25) is 0 Å². The van der Waals surface area contributed by atoms with E-state index >= 15 is 0 Å². The van der Waals surface area contributed by atoms with Crippen LogP contribution in [-0.4, -0.2) is 10.9 Å². The smallest absolute Gasteiger partial charge is 0.288 e. The molecule has 0 saturated heterocycles. The summed E-state index contributed by atoms with van der Waals surface area (Å²) in [5.74, 6) is -1.57. The van der Waals surface area contributed by atoms with E-state index in [4.69, 9.17) is 4.52 Å². The molecule has 1 aromatic heterocycles. The van der Waals surface area contributed by atoms with Gasteiger partial charge < -0.3 is 9.84 Å². The van der Waals surface area contributed by atoms with Crippen molar-refractivity contribution in [2.75, 3.05) is 0 Å².